The van der Waals surface area contributed by atoms with Gasteiger partial charge >= 0.3 is 0 Å². The molecule has 1 aliphatic rings. The number of benzene rings is 1. The Balaban J connectivity index is 1.78. The number of fused-ring (bicyclic) bond motifs is 1. The molecule has 0 radical (unpaired) electrons. The number of hydrogen-bond donors (Lipinski definition) is 3. The van der Waals surface area contributed by atoms with Gasteiger partial charge < -0.3 is 15.7 Å². The van der Waals surface area contributed by atoms with Crippen LogP contribution in [-0.2, 0) is 4.79 Å². The van der Waals surface area contributed by atoms with Crippen molar-refractivity contribution in [1.29, 1.82) is 0 Å². The number of hydrogen-bond acceptors (Lipinski definition) is 4. The molecule has 1 aromatic carbocycles. The number of nitrogens with one attached hydrogen (secondary N) is 1. The number of aliphatic hydroxyl groups is 1. The summed E-state index contributed by atoms with van der Waals surface area (Å²) < 4.78 is 0. The number of nitrogens with two attached hydrogens (primary N) is 1. The second-order valence-electron chi connectivity index (χ2n) is 8.84. The van der Waals surface area contributed by atoms with Crippen molar-refractivity contribution in [1.82, 2.24) is 15.1 Å². The van der Waals surface area contributed by atoms with Crippen LogP contribution >= 0.6 is 11.6 Å². The zero-order valence-electron chi connectivity index (χ0n) is 16.4. The average Bonchev–Trinajstić information content (AvgIpc) is 3.07. The lowest BCUT2D eigenvalue weighted by molar-refractivity contribution is -0.138. The Kier molecular flexibility index (Phi) is 5.27. The third-order valence-corrected chi connectivity index (χ3v) is 6.15. The van der Waals surface area contributed by atoms with Gasteiger partial charge in [0.25, 0.3) is 0 Å². The first-order valence-corrected chi connectivity index (χ1v) is 9.78. The van der Waals surface area contributed by atoms with Crippen molar-refractivity contribution < 1.29 is 9.90 Å². The first kappa shape index (κ1) is 20.1. The summed E-state index contributed by atoms with van der Waals surface area (Å²) in [7, 11) is 0. The highest BCUT2D eigenvalue weighted by atomic mass is 35.5. The first-order valence-electron chi connectivity index (χ1n) is 9.40. The van der Waals surface area contributed by atoms with E-state index in [2.05, 4.69) is 24.0 Å². The molecular weight excluding hydrogens is 364 g/mol. The van der Waals surface area contributed by atoms with E-state index in [-0.39, 0.29) is 17.2 Å². The number of halogens is 1. The van der Waals surface area contributed by atoms with Crippen molar-refractivity contribution in [2.75, 3.05) is 13.1 Å². The average molecular weight is 393 g/mol. The van der Waals surface area contributed by atoms with Gasteiger partial charge in [-0.25, -0.2) is 0 Å². The number of nitrogens with zero attached hydrogens (tertiary/aromatic N) is 2. The number of carbonyl (C=O) groups is 1. The Morgan fingerprint density at radius 1 is 1.33 bits per heavy atom. The van der Waals surface area contributed by atoms with E-state index < -0.39 is 11.6 Å². The number of likely N-dealkylation sites (tertiary alicyclic amines) is 1. The minimum Gasteiger partial charge on any atom is -0.388 e. The summed E-state index contributed by atoms with van der Waals surface area (Å²) in [4.78, 5) is 14.3. The standard InChI is InChI=1S/C20H29ClN4O2/c1-19(2,13-5-7-25(8-6-13)18(27)20(3,4)22)17(26)15-10-14(21)9-12-11-23-24-16(12)15/h9-11,13,17,26H,5-8,22H2,1-4H3,(H,23,24). The third kappa shape index (κ3) is 3.84. The molecule has 0 aliphatic carbocycles. The van der Waals surface area contributed by atoms with Gasteiger partial charge in [-0.1, -0.05) is 25.4 Å². The van der Waals surface area contributed by atoms with E-state index >= 15 is 0 Å². The minimum atomic E-state index is -0.852. The topological polar surface area (TPSA) is 95.2 Å². The Bertz CT molecular complexity index is 832. The van der Waals surface area contributed by atoms with Gasteiger partial charge in [0.05, 0.1) is 23.4 Å². The van der Waals surface area contributed by atoms with Crippen molar-refractivity contribution in [2.45, 2.75) is 52.2 Å². The molecule has 1 atom stereocenters. The van der Waals surface area contributed by atoms with Crippen molar-refractivity contribution in [3.8, 4) is 0 Å². The maximum absolute atomic E-state index is 12.4. The number of rotatable bonds is 4. The van der Waals surface area contributed by atoms with E-state index in [1.807, 2.05) is 17.0 Å². The van der Waals surface area contributed by atoms with Crippen LogP contribution in [0.2, 0.25) is 5.02 Å². The second-order valence-corrected chi connectivity index (χ2v) is 9.28. The smallest absolute Gasteiger partial charge is 0.242 e. The van der Waals surface area contributed by atoms with E-state index in [0.29, 0.717) is 18.1 Å². The van der Waals surface area contributed by atoms with Crippen LogP contribution in [0.5, 0.6) is 0 Å². The van der Waals surface area contributed by atoms with Gasteiger partial charge in [0.2, 0.25) is 5.91 Å². The molecule has 1 fully saturated rings. The van der Waals surface area contributed by atoms with Crippen LogP contribution < -0.4 is 5.73 Å². The van der Waals surface area contributed by atoms with Gasteiger partial charge in [0, 0.05) is 29.1 Å². The van der Waals surface area contributed by atoms with Gasteiger partial charge in [0.15, 0.2) is 0 Å². The molecule has 1 aliphatic heterocycles. The largest absolute Gasteiger partial charge is 0.388 e. The van der Waals surface area contributed by atoms with Crippen LogP contribution in [-0.4, -0.2) is 44.7 Å². The van der Waals surface area contributed by atoms with Crippen LogP contribution in [0.15, 0.2) is 18.3 Å². The Morgan fingerprint density at radius 3 is 2.56 bits per heavy atom. The van der Waals surface area contributed by atoms with Gasteiger partial charge in [0.1, 0.15) is 0 Å². The van der Waals surface area contributed by atoms with Gasteiger partial charge in [-0.05, 0) is 50.2 Å². The predicted molar refractivity (Wildman–Crippen MR) is 107 cm³/mol. The third-order valence-electron chi connectivity index (χ3n) is 5.93. The molecule has 0 saturated carbocycles. The monoisotopic (exact) mass is 392 g/mol. The molecule has 6 nitrogen and oxygen atoms in total. The number of aromatic amines is 1. The summed E-state index contributed by atoms with van der Waals surface area (Å²) in [5.41, 5.74) is 6.31. The highest BCUT2D eigenvalue weighted by molar-refractivity contribution is 6.31. The summed E-state index contributed by atoms with van der Waals surface area (Å²) in [6.07, 6.45) is 2.68. The highest BCUT2D eigenvalue weighted by Gasteiger charge is 2.41. The quantitative estimate of drug-likeness (QED) is 0.744. The number of aliphatic hydroxyl groups excluding tert-OH is 1. The van der Waals surface area contributed by atoms with Crippen LogP contribution in [0.4, 0.5) is 0 Å². The summed E-state index contributed by atoms with van der Waals surface area (Å²) in [6.45, 7) is 8.96. The molecule has 2 aromatic rings. The molecule has 1 unspecified atom stereocenters. The molecule has 0 bridgehead atoms. The lowest BCUT2D eigenvalue weighted by atomic mass is 9.68. The molecule has 1 aromatic heterocycles. The lowest BCUT2D eigenvalue weighted by Gasteiger charge is -2.44. The Morgan fingerprint density at radius 2 is 1.96 bits per heavy atom. The fraction of sp³-hybridized carbons (Fsp3) is 0.600. The number of carbonyl (C=O) groups excluding carboxylic acids is 1. The van der Waals surface area contributed by atoms with E-state index in [1.54, 1.807) is 20.0 Å². The molecule has 2 heterocycles. The SMILES string of the molecule is CC(C)(N)C(=O)N1CCC(C(C)(C)C(O)c2cc(Cl)cc3cn[nH]c23)CC1. The number of aromatic nitrogens is 2. The summed E-state index contributed by atoms with van der Waals surface area (Å²) in [5, 5.41) is 19.8. The molecule has 1 amide bonds. The number of piperidine rings is 1. The van der Waals surface area contributed by atoms with Crippen LogP contribution in [0.3, 0.4) is 0 Å². The number of H-pyrrole nitrogens is 1. The maximum Gasteiger partial charge on any atom is 0.242 e. The molecule has 148 valence electrons. The Labute approximate surface area is 165 Å². The van der Waals surface area contributed by atoms with Crippen molar-refractivity contribution in [2.24, 2.45) is 17.1 Å². The molecule has 4 N–H and O–H groups in total. The molecular formula is C20H29ClN4O2. The van der Waals surface area contributed by atoms with E-state index in [0.717, 1.165) is 29.3 Å². The zero-order chi connectivity index (χ0) is 20.0. The molecule has 3 rings (SSSR count). The van der Waals surface area contributed by atoms with E-state index in [4.69, 9.17) is 17.3 Å². The van der Waals surface area contributed by atoms with Gasteiger partial charge in [-0.2, -0.15) is 5.10 Å². The summed E-state index contributed by atoms with van der Waals surface area (Å²) in [5.74, 6) is 0.253. The molecule has 0 spiro atoms. The fourth-order valence-corrected chi connectivity index (χ4v) is 4.36. The summed E-state index contributed by atoms with van der Waals surface area (Å²) in [6, 6.07) is 3.65. The molecule has 7 heteroatoms. The van der Waals surface area contributed by atoms with Gasteiger partial charge in [-0.3, -0.25) is 9.89 Å². The fourth-order valence-electron chi connectivity index (χ4n) is 4.12. The van der Waals surface area contributed by atoms with Crippen molar-refractivity contribution >= 4 is 28.4 Å². The first-order chi connectivity index (χ1) is 12.5. The predicted octanol–water partition coefficient (Wildman–Crippen LogP) is 3.25. The Hall–Kier alpha value is -1.63. The zero-order valence-corrected chi connectivity index (χ0v) is 17.2. The lowest BCUT2D eigenvalue weighted by Crippen LogP contribution is -2.54. The van der Waals surface area contributed by atoms with Crippen LogP contribution in [0.1, 0.15) is 52.2 Å². The maximum atomic E-state index is 12.4. The van der Waals surface area contributed by atoms with Crippen LogP contribution in [0.25, 0.3) is 10.9 Å². The van der Waals surface area contributed by atoms with Crippen LogP contribution in [0, 0.1) is 11.3 Å². The molecule has 27 heavy (non-hydrogen) atoms. The van der Waals surface area contributed by atoms with E-state index in [1.165, 1.54) is 0 Å². The number of amides is 1. The van der Waals surface area contributed by atoms with Crippen molar-refractivity contribution in [3.63, 3.8) is 0 Å². The second kappa shape index (κ2) is 7.08. The van der Waals surface area contributed by atoms with Gasteiger partial charge in [-0.15, -0.1) is 0 Å². The minimum absolute atomic E-state index is 0.0201. The summed E-state index contributed by atoms with van der Waals surface area (Å²) >= 11 is 6.25. The van der Waals surface area contributed by atoms with E-state index in [9.17, 15) is 9.90 Å². The molecule has 1 saturated heterocycles. The van der Waals surface area contributed by atoms with Crippen molar-refractivity contribution in [3.05, 3.63) is 28.9 Å². The highest BCUT2D eigenvalue weighted by Crippen LogP contribution is 2.46. The normalized spacial score (nSPS) is 18.1.